The molecule has 26 heavy (non-hydrogen) atoms. The number of nitrogens with zero attached hydrogens (tertiary/aromatic N) is 2. The van der Waals surface area contributed by atoms with Crippen LogP contribution in [0.1, 0.15) is 41.7 Å². The van der Waals surface area contributed by atoms with E-state index < -0.39 is 10.0 Å². The third-order valence-electron chi connectivity index (χ3n) is 5.20. The predicted molar refractivity (Wildman–Crippen MR) is 99.8 cm³/mol. The van der Waals surface area contributed by atoms with Crippen molar-refractivity contribution in [3.8, 4) is 0 Å². The number of aromatic nitrogens is 1. The highest BCUT2D eigenvalue weighted by molar-refractivity contribution is 7.89. The Bertz CT molecular complexity index is 914. The Morgan fingerprint density at radius 1 is 1.00 bits per heavy atom. The van der Waals surface area contributed by atoms with E-state index in [1.54, 1.807) is 4.90 Å². The summed E-state index contributed by atoms with van der Waals surface area (Å²) in [5, 5.41) is 0. The molecule has 1 saturated heterocycles. The Balaban J connectivity index is 1.60. The van der Waals surface area contributed by atoms with Crippen LogP contribution in [0, 0.1) is 0 Å². The van der Waals surface area contributed by atoms with Crippen molar-refractivity contribution in [2.75, 3.05) is 24.5 Å². The molecular formula is C19H23N3O3S. The van der Waals surface area contributed by atoms with Crippen LogP contribution >= 0.6 is 0 Å². The lowest BCUT2D eigenvalue weighted by molar-refractivity contribution is 0.0981. The average Bonchev–Trinajstić information content (AvgIpc) is 3.19. The van der Waals surface area contributed by atoms with E-state index >= 15 is 0 Å². The SMILES string of the molecule is O=C(c1cc(S(=O)(=O)N2CCCCC2)c[nH]1)N1CCCc2ccccc21. The van der Waals surface area contributed by atoms with Gasteiger partial charge in [-0.3, -0.25) is 4.79 Å². The second-order valence-corrected chi connectivity index (χ2v) is 8.84. The number of anilines is 1. The molecule has 0 atom stereocenters. The van der Waals surface area contributed by atoms with Gasteiger partial charge in [0.15, 0.2) is 0 Å². The summed E-state index contributed by atoms with van der Waals surface area (Å²) >= 11 is 0. The molecule has 2 aliphatic heterocycles. The predicted octanol–water partition coefficient (Wildman–Crippen LogP) is 2.78. The number of carbonyl (C=O) groups is 1. The Morgan fingerprint density at radius 3 is 2.58 bits per heavy atom. The molecule has 1 fully saturated rings. The number of amides is 1. The van der Waals surface area contributed by atoms with Crippen LogP contribution in [-0.4, -0.2) is 43.2 Å². The third-order valence-corrected chi connectivity index (χ3v) is 7.07. The first-order chi connectivity index (χ1) is 12.6. The van der Waals surface area contributed by atoms with Crippen molar-refractivity contribution in [1.82, 2.24) is 9.29 Å². The van der Waals surface area contributed by atoms with Crippen molar-refractivity contribution in [3.05, 3.63) is 47.8 Å². The minimum absolute atomic E-state index is 0.174. The number of hydrogen-bond acceptors (Lipinski definition) is 3. The number of fused-ring (bicyclic) bond motifs is 1. The molecule has 0 spiro atoms. The van der Waals surface area contributed by atoms with Gasteiger partial charge in [0, 0.05) is 31.5 Å². The topological polar surface area (TPSA) is 73.5 Å². The van der Waals surface area contributed by atoms with Crippen LogP contribution in [0.2, 0.25) is 0 Å². The smallest absolute Gasteiger partial charge is 0.274 e. The molecule has 7 heteroatoms. The van der Waals surface area contributed by atoms with Crippen LogP contribution in [-0.2, 0) is 16.4 Å². The van der Waals surface area contributed by atoms with Crippen LogP contribution in [0.3, 0.4) is 0 Å². The van der Waals surface area contributed by atoms with Gasteiger partial charge < -0.3 is 9.88 Å². The van der Waals surface area contributed by atoms with Gasteiger partial charge in [-0.15, -0.1) is 0 Å². The highest BCUT2D eigenvalue weighted by Crippen LogP contribution is 2.28. The molecule has 3 heterocycles. The molecule has 0 radical (unpaired) electrons. The van der Waals surface area contributed by atoms with Gasteiger partial charge in [0.25, 0.3) is 5.91 Å². The number of carbonyl (C=O) groups excluding carboxylic acids is 1. The second kappa shape index (κ2) is 6.89. The number of aryl methyl sites for hydroxylation is 1. The minimum Gasteiger partial charge on any atom is -0.356 e. The van der Waals surface area contributed by atoms with Gasteiger partial charge in [-0.2, -0.15) is 4.31 Å². The summed E-state index contributed by atoms with van der Waals surface area (Å²) in [5.41, 5.74) is 2.39. The number of nitrogens with one attached hydrogen (secondary N) is 1. The van der Waals surface area contributed by atoms with Gasteiger partial charge in [-0.25, -0.2) is 8.42 Å². The Morgan fingerprint density at radius 2 is 1.77 bits per heavy atom. The van der Waals surface area contributed by atoms with Gasteiger partial charge in [-0.1, -0.05) is 24.6 Å². The number of para-hydroxylation sites is 1. The summed E-state index contributed by atoms with van der Waals surface area (Å²) < 4.78 is 27.1. The minimum atomic E-state index is -3.53. The van der Waals surface area contributed by atoms with E-state index in [1.807, 2.05) is 24.3 Å². The number of benzene rings is 1. The fourth-order valence-corrected chi connectivity index (χ4v) is 5.30. The van der Waals surface area contributed by atoms with Crippen LogP contribution in [0.5, 0.6) is 0 Å². The molecule has 4 rings (SSSR count). The van der Waals surface area contributed by atoms with Crippen molar-refractivity contribution >= 4 is 21.6 Å². The summed E-state index contributed by atoms with van der Waals surface area (Å²) in [4.78, 5) is 17.8. The van der Waals surface area contributed by atoms with Gasteiger partial charge in [-0.05, 0) is 43.4 Å². The summed E-state index contributed by atoms with van der Waals surface area (Å²) in [6, 6.07) is 9.36. The van der Waals surface area contributed by atoms with E-state index in [9.17, 15) is 13.2 Å². The van der Waals surface area contributed by atoms with Crippen molar-refractivity contribution in [2.45, 2.75) is 37.0 Å². The maximum Gasteiger partial charge on any atom is 0.274 e. The molecule has 1 N–H and O–H groups in total. The van der Waals surface area contributed by atoms with Gasteiger partial charge in [0.2, 0.25) is 10.0 Å². The molecule has 1 aromatic heterocycles. The van der Waals surface area contributed by atoms with Crippen molar-refractivity contribution < 1.29 is 13.2 Å². The van der Waals surface area contributed by atoms with Gasteiger partial charge >= 0.3 is 0 Å². The number of sulfonamides is 1. The van der Waals surface area contributed by atoms with E-state index in [0.29, 0.717) is 25.3 Å². The average molecular weight is 373 g/mol. The van der Waals surface area contributed by atoms with Crippen molar-refractivity contribution in [2.24, 2.45) is 0 Å². The summed E-state index contributed by atoms with van der Waals surface area (Å²) in [5.74, 6) is -0.183. The summed E-state index contributed by atoms with van der Waals surface area (Å²) in [7, 11) is -3.53. The summed E-state index contributed by atoms with van der Waals surface area (Å²) in [6.07, 6.45) is 6.14. The first kappa shape index (κ1) is 17.3. The Kier molecular flexibility index (Phi) is 4.58. The number of rotatable bonds is 3. The fourth-order valence-electron chi connectivity index (χ4n) is 3.79. The number of aromatic amines is 1. The molecule has 2 aromatic rings. The van der Waals surface area contributed by atoms with E-state index in [2.05, 4.69) is 4.98 Å². The maximum atomic E-state index is 13.0. The normalized spacial score (nSPS) is 18.5. The van der Waals surface area contributed by atoms with Crippen LogP contribution < -0.4 is 4.90 Å². The van der Waals surface area contributed by atoms with E-state index in [0.717, 1.165) is 43.4 Å². The molecule has 2 aliphatic rings. The van der Waals surface area contributed by atoms with E-state index in [-0.39, 0.29) is 10.8 Å². The molecule has 0 unspecified atom stereocenters. The monoisotopic (exact) mass is 373 g/mol. The molecule has 138 valence electrons. The zero-order chi connectivity index (χ0) is 18.1. The molecule has 1 amide bonds. The second-order valence-electron chi connectivity index (χ2n) is 6.90. The quantitative estimate of drug-likeness (QED) is 0.899. The fraction of sp³-hybridized carbons (Fsp3) is 0.421. The lowest BCUT2D eigenvalue weighted by atomic mass is 10.0. The molecule has 1 aromatic carbocycles. The highest BCUT2D eigenvalue weighted by atomic mass is 32.2. The lowest BCUT2D eigenvalue weighted by Gasteiger charge is -2.29. The van der Waals surface area contributed by atoms with E-state index in [4.69, 9.17) is 0 Å². The molecule has 6 nitrogen and oxygen atoms in total. The van der Waals surface area contributed by atoms with E-state index in [1.165, 1.54) is 16.6 Å². The first-order valence-corrected chi connectivity index (χ1v) is 10.6. The lowest BCUT2D eigenvalue weighted by Crippen LogP contribution is -2.36. The first-order valence-electron chi connectivity index (χ1n) is 9.16. The Hall–Kier alpha value is -2.12. The summed E-state index contributed by atoms with van der Waals surface area (Å²) in [6.45, 7) is 1.75. The van der Waals surface area contributed by atoms with Crippen LogP contribution in [0.4, 0.5) is 5.69 Å². The van der Waals surface area contributed by atoms with Crippen LogP contribution in [0.15, 0.2) is 41.4 Å². The van der Waals surface area contributed by atoms with Crippen LogP contribution in [0.25, 0.3) is 0 Å². The number of piperidine rings is 1. The number of H-pyrrole nitrogens is 1. The molecule has 0 aliphatic carbocycles. The largest absolute Gasteiger partial charge is 0.356 e. The van der Waals surface area contributed by atoms with Gasteiger partial charge in [0.05, 0.1) is 0 Å². The Labute approximate surface area is 153 Å². The molecule has 0 bridgehead atoms. The zero-order valence-corrected chi connectivity index (χ0v) is 15.5. The highest BCUT2D eigenvalue weighted by Gasteiger charge is 2.29. The zero-order valence-electron chi connectivity index (χ0n) is 14.6. The number of hydrogen-bond donors (Lipinski definition) is 1. The molecule has 0 saturated carbocycles. The van der Waals surface area contributed by atoms with Crippen molar-refractivity contribution in [3.63, 3.8) is 0 Å². The van der Waals surface area contributed by atoms with Crippen molar-refractivity contribution in [1.29, 1.82) is 0 Å². The molecular weight excluding hydrogens is 350 g/mol. The third kappa shape index (κ3) is 3.05. The van der Waals surface area contributed by atoms with Gasteiger partial charge in [0.1, 0.15) is 10.6 Å². The standard InChI is InChI=1S/C19H23N3O3S/c23-19(22-12-6-8-15-7-2-3-9-18(15)22)17-13-16(14-20-17)26(24,25)21-10-4-1-5-11-21/h2-3,7,9,13-14,20H,1,4-6,8,10-12H2. The maximum absolute atomic E-state index is 13.0.